The van der Waals surface area contributed by atoms with Gasteiger partial charge in [0.2, 0.25) is 10.0 Å². The van der Waals surface area contributed by atoms with Crippen LogP contribution in [0.4, 0.5) is 0 Å². The minimum absolute atomic E-state index is 0.0604. The molecule has 0 aliphatic carbocycles. The van der Waals surface area contributed by atoms with Crippen LogP contribution in [0.1, 0.15) is 12.0 Å². The van der Waals surface area contributed by atoms with Gasteiger partial charge in [0.15, 0.2) is 0 Å². The standard InChI is InChI=1S/C14H18N2O4S/c17-21(18,10-9-19-14-6-2-1-3-7-14)16-8-4-5-13-11-15-20-12-13/h1-3,6-7,11-12,16H,4-5,8-10H2. The minimum Gasteiger partial charge on any atom is -0.492 e. The molecule has 0 radical (unpaired) electrons. The molecule has 2 rings (SSSR count). The molecule has 0 bridgehead atoms. The topological polar surface area (TPSA) is 81.4 Å². The van der Waals surface area contributed by atoms with Gasteiger partial charge in [-0.2, -0.15) is 0 Å². The van der Waals surface area contributed by atoms with E-state index in [1.165, 1.54) is 0 Å². The Bertz CT molecular complexity index is 612. The number of ether oxygens (including phenoxy) is 1. The predicted octanol–water partition coefficient (Wildman–Crippen LogP) is 1.61. The number of rotatable bonds is 9. The Balaban J connectivity index is 1.62. The van der Waals surface area contributed by atoms with Crippen LogP contribution in [-0.4, -0.2) is 32.5 Å². The van der Waals surface area contributed by atoms with Gasteiger partial charge in [0.25, 0.3) is 0 Å². The molecule has 0 saturated heterocycles. The number of nitrogens with zero attached hydrogens (tertiary/aromatic N) is 1. The predicted molar refractivity (Wildman–Crippen MR) is 78.6 cm³/mol. The number of nitrogens with one attached hydrogen (secondary N) is 1. The molecule has 0 atom stereocenters. The van der Waals surface area contributed by atoms with Crippen molar-refractivity contribution >= 4 is 10.0 Å². The molecule has 0 unspecified atom stereocenters. The Morgan fingerprint density at radius 3 is 2.76 bits per heavy atom. The average Bonchev–Trinajstić information content (AvgIpc) is 2.98. The third-order valence-electron chi connectivity index (χ3n) is 2.81. The Kier molecular flexibility index (Phi) is 5.77. The first kappa shape index (κ1) is 15.5. The van der Waals surface area contributed by atoms with Crippen molar-refractivity contribution < 1.29 is 17.7 Å². The summed E-state index contributed by atoms with van der Waals surface area (Å²) in [6.07, 6.45) is 4.61. The number of aryl methyl sites for hydroxylation is 1. The van der Waals surface area contributed by atoms with Gasteiger partial charge >= 0.3 is 0 Å². The normalized spacial score (nSPS) is 11.4. The highest BCUT2D eigenvalue weighted by Crippen LogP contribution is 2.08. The van der Waals surface area contributed by atoms with Crippen molar-refractivity contribution in [3.05, 3.63) is 48.4 Å². The maximum absolute atomic E-state index is 11.8. The lowest BCUT2D eigenvalue weighted by Crippen LogP contribution is -2.30. The molecule has 0 saturated carbocycles. The van der Waals surface area contributed by atoms with Gasteiger partial charge in [-0.15, -0.1) is 0 Å². The van der Waals surface area contributed by atoms with Crippen LogP contribution in [0.2, 0.25) is 0 Å². The molecular weight excluding hydrogens is 292 g/mol. The van der Waals surface area contributed by atoms with Crippen LogP contribution in [0.5, 0.6) is 5.75 Å². The first-order valence-electron chi connectivity index (χ1n) is 6.69. The largest absolute Gasteiger partial charge is 0.492 e. The van der Waals surface area contributed by atoms with Gasteiger partial charge in [0.1, 0.15) is 18.6 Å². The monoisotopic (exact) mass is 310 g/mol. The Hall–Kier alpha value is -1.86. The first-order chi connectivity index (χ1) is 10.2. The summed E-state index contributed by atoms with van der Waals surface area (Å²) in [6.45, 7) is 0.518. The van der Waals surface area contributed by atoms with E-state index in [9.17, 15) is 8.42 Å². The molecule has 0 aliphatic rings. The highest BCUT2D eigenvalue weighted by molar-refractivity contribution is 7.89. The number of hydrogen-bond acceptors (Lipinski definition) is 5. The molecule has 0 amide bonds. The number of para-hydroxylation sites is 1. The van der Waals surface area contributed by atoms with E-state index in [-0.39, 0.29) is 12.4 Å². The Labute approximate surface area is 124 Å². The van der Waals surface area contributed by atoms with Crippen molar-refractivity contribution in [2.24, 2.45) is 0 Å². The summed E-state index contributed by atoms with van der Waals surface area (Å²) in [5.41, 5.74) is 0.960. The van der Waals surface area contributed by atoms with E-state index in [0.29, 0.717) is 18.7 Å². The molecule has 0 fully saturated rings. The maximum Gasteiger partial charge on any atom is 0.214 e. The molecule has 1 heterocycles. The molecule has 114 valence electrons. The number of sulfonamides is 1. The van der Waals surface area contributed by atoms with Crippen LogP contribution in [-0.2, 0) is 16.4 Å². The van der Waals surface area contributed by atoms with Crippen molar-refractivity contribution in [3.8, 4) is 5.75 Å². The van der Waals surface area contributed by atoms with Crippen molar-refractivity contribution in [2.45, 2.75) is 12.8 Å². The Morgan fingerprint density at radius 2 is 2.05 bits per heavy atom. The lowest BCUT2D eigenvalue weighted by molar-refractivity contribution is 0.340. The second-order valence-corrected chi connectivity index (χ2v) is 6.44. The summed E-state index contributed by atoms with van der Waals surface area (Å²) >= 11 is 0. The van der Waals surface area contributed by atoms with Crippen molar-refractivity contribution in [2.75, 3.05) is 18.9 Å². The van der Waals surface area contributed by atoms with Crippen LogP contribution in [0.3, 0.4) is 0 Å². The fourth-order valence-electron chi connectivity index (χ4n) is 1.73. The molecule has 1 aromatic heterocycles. The van der Waals surface area contributed by atoms with Gasteiger partial charge in [0.05, 0.1) is 11.9 Å². The fourth-order valence-corrected chi connectivity index (χ4v) is 2.63. The van der Waals surface area contributed by atoms with Crippen LogP contribution in [0, 0.1) is 0 Å². The number of aromatic nitrogens is 1. The number of benzene rings is 1. The highest BCUT2D eigenvalue weighted by atomic mass is 32.2. The van der Waals surface area contributed by atoms with Gasteiger partial charge in [-0.25, -0.2) is 13.1 Å². The van der Waals surface area contributed by atoms with Gasteiger partial charge in [-0.05, 0) is 25.0 Å². The zero-order valence-corrected chi connectivity index (χ0v) is 12.4. The van der Waals surface area contributed by atoms with Crippen LogP contribution >= 0.6 is 0 Å². The van der Waals surface area contributed by atoms with Gasteiger partial charge in [-0.3, -0.25) is 0 Å². The fraction of sp³-hybridized carbons (Fsp3) is 0.357. The third-order valence-corrected chi connectivity index (χ3v) is 4.16. The summed E-state index contributed by atoms with van der Waals surface area (Å²) in [4.78, 5) is 0. The van der Waals surface area contributed by atoms with E-state index in [4.69, 9.17) is 9.26 Å². The van der Waals surface area contributed by atoms with E-state index in [1.807, 2.05) is 18.2 Å². The van der Waals surface area contributed by atoms with Crippen molar-refractivity contribution in [1.82, 2.24) is 9.88 Å². The summed E-state index contributed by atoms with van der Waals surface area (Å²) in [6, 6.07) is 9.14. The SMILES string of the molecule is O=S(=O)(CCOc1ccccc1)NCCCc1cnoc1. The lowest BCUT2D eigenvalue weighted by atomic mass is 10.2. The highest BCUT2D eigenvalue weighted by Gasteiger charge is 2.09. The van der Waals surface area contributed by atoms with E-state index in [0.717, 1.165) is 12.0 Å². The molecule has 0 aliphatic heterocycles. The molecule has 7 heteroatoms. The number of hydrogen-bond donors (Lipinski definition) is 1. The average molecular weight is 310 g/mol. The smallest absolute Gasteiger partial charge is 0.214 e. The quantitative estimate of drug-likeness (QED) is 0.712. The molecular formula is C14H18N2O4S. The van der Waals surface area contributed by atoms with Crippen LogP contribution in [0.15, 0.2) is 47.3 Å². The first-order valence-corrected chi connectivity index (χ1v) is 8.34. The zero-order valence-electron chi connectivity index (χ0n) is 11.6. The van der Waals surface area contributed by atoms with Crippen molar-refractivity contribution in [3.63, 3.8) is 0 Å². The zero-order chi connectivity index (χ0) is 15.0. The molecule has 21 heavy (non-hydrogen) atoms. The third kappa shape index (κ3) is 5.97. The summed E-state index contributed by atoms with van der Waals surface area (Å²) in [7, 11) is -3.31. The second-order valence-electron chi connectivity index (χ2n) is 4.51. The summed E-state index contributed by atoms with van der Waals surface area (Å²) < 4.78 is 36.1. The summed E-state index contributed by atoms with van der Waals surface area (Å²) in [5, 5.41) is 3.59. The van der Waals surface area contributed by atoms with E-state index < -0.39 is 10.0 Å². The lowest BCUT2D eigenvalue weighted by Gasteiger charge is -2.08. The van der Waals surface area contributed by atoms with E-state index in [2.05, 4.69) is 9.88 Å². The Morgan fingerprint density at radius 1 is 1.24 bits per heavy atom. The van der Waals surface area contributed by atoms with Gasteiger partial charge in [0, 0.05) is 12.1 Å². The van der Waals surface area contributed by atoms with Crippen LogP contribution < -0.4 is 9.46 Å². The maximum atomic E-state index is 11.8. The summed E-state index contributed by atoms with van der Waals surface area (Å²) in [5.74, 6) is 0.606. The van der Waals surface area contributed by atoms with Crippen molar-refractivity contribution in [1.29, 1.82) is 0 Å². The van der Waals surface area contributed by atoms with Gasteiger partial charge in [-0.1, -0.05) is 23.4 Å². The molecule has 1 N–H and O–H groups in total. The molecule has 1 aromatic carbocycles. The molecule has 2 aromatic rings. The van der Waals surface area contributed by atoms with E-state index in [1.54, 1.807) is 24.6 Å². The van der Waals surface area contributed by atoms with Crippen LogP contribution in [0.25, 0.3) is 0 Å². The van der Waals surface area contributed by atoms with E-state index >= 15 is 0 Å². The second kappa shape index (κ2) is 7.80. The van der Waals surface area contributed by atoms with Gasteiger partial charge < -0.3 is 9.26 Å². The molecule has 0 spiro atoms. The minimum atomic E-state index is -3.31. The molecule has 6 nitrogen and oxygen atoms in total.